The van der Waals surface area contributed by atoms with Crippen LogP contribution >= 0.6 is 35.6 Å². The van der Waals surface area contributed by atoms with E-state index in [-0.39, 0.29) is 23.3 Å². The summed E-state index contributed by atoms with van der Waals surface area (Å²) in [6.45, 7) is 1.33. The third kappa shape index (κ3) is 3.28. The van der Waals surface area contributed by atoms with Gasteiger partial charge in [0, 0.05) is 24.8 Å². The van der Waals surface area contributed by atoms with Gasteiger partial charge in [-0.05, 0) is 30.9 Å². The molecular weight excluding hydrogens is 299 g/mol. The second kappa shape index (κ2) is 6.92. The summed E-state index contributed by atoms with van der Waals surface area (Å²) < 4.78 is 19.0. The van der Waals surface area contributed by atoms with Gasteiger partial charge in [-0.3, -0.25) is 0 Å². The van der Waals surface area contributed by atoms with Crippen LogP contribution in [0, 0.1) is 11.7 Å². The zero-order chi connectivity index (χ0) is 12.4. The van der Waals surface area contributed by atoms with Crippen molar-refractivity contribution in [1.82, 2.24) is 0 Å². The van der Waals surface area contributed by atoms with E-state index in [1.807, 2.05) is 0 Å². The van der Waals surface area contributed by atoms with Crippen LogP contribution in [0.4, 0.5) is 4.39 Å². The highest BCUT2D eigenvalue weighted by Gasteiger charge is 2.27. The number of hydrogen-bond acceptors (Lipinski definition) is 2. The molecule has 1 aromatic rings. The molecule has 2 N–H and O–H groups in total. The zero-order valence-corrected chi connectivity index (χ0v) is 12.0. The van der Waals surface area contributed by atoms with Crippen LogP contribution in [-0.4, -0.2) is 13.2 Å². The summed E-state index contributed by atoms with van der Waals surface area (Å²) in [6, 6.07) is 2.33. The van der Waals surface area contributed by atoms with Crippen LogP contribution in [0.25, 0.3) is 0 Å². The number of rotatable bonds is 2. The fraction of sp³-hybridized carbons (Fsp3) is 0.500. The van der Waals surface area contributed by atoms with Gasteiger partial charge in [0.2, 0.25) is 0 Å². The Kier molecular flexibility index (Phi) is 6.15. The normalized spacial score (nSPS) is 18.2. The number of nitrogens with two attached hydrogens (primary N) is 1. The minimum absolute atomic E-state index is 0. The first kappa shape index (κ1) is 16.0. The van der Waals surface area contributed by atoms with Gasteiger partial charge in [0.25, 0.3) is 0 Å². The van der Waals surface area contributed by atoms with Crippen molar-refractivity contribution in [2.75, 3.05) is 13.2 Å². The van der Waals surface area contributed by atoms with E-state index in [2.05, 4.69) is 0 Å². The third-order valence-corrected chi connectivity index (χ3v) is 4.01. The Labute approximate surface area is 122 Å². The lowest BCUT2D eigenvalue weighted by atomic mass is 9.87. The second-order valence-corrected chi connectivity index (χ2v) is 5.02. The van der Waals surface area contributed by atoms with Crippen LogP contribution in [-0.2, 0) is 4.74 Å². The summed E-state index contributed by atoms with van der Waals surface area (Å²) in [7, 11) is 0. The number of benzene rings is 1. The van der Waals surface area contributed by atoms with E-state index in [1.54, 1.807) is 0 Å². The van der Waals surface area contributed by atoms with E-state index >= 15 is 0 Å². The summed E-state index contributed by atoms with van der Waals surface area (Å²) >= 11 is 11.9. The van der Waals surface area contributed by atoms with Crippen molar-refractivity contribution in [2.45, 2.75) is 18.9 Å². The molecule has 1 saturated heterocycles. The Hall–Kier alpha value is -0.0600. The van der Waals surface area contributed by atoms with Gasteiger partial charge in [0.15, 0.2) is 0 Å². The van der Waals surface area contributed by atoms with Gasteiger partial charge >= 0.3 is 0 Å². The Balaban J connectivity index is 0.00000162. The first-order chi connectivity index (χ1) is 8.11. The number of hydrogen-bond donors (Lipinski definition) is 1. The van der Waals surface area contributed by atoms with Gasteiger partial charge in [-0.25, -0.2) is 4.39 Å². The quantitative estimate of drug-likeness (QED) is 0.838. The zero-order valence-electron chi connectivity index (χ0n) is 9.67. The smallest absolute Gasteiger partial charge is 0.129 e. The summed E-state index contributed by atoms with van der Waals surface area (Å²) in [5, 5.41) is 0.566. The lowest BCUT2D eigenvalue weighted by Gasteiger charge is -2.28. The summed E-state index contributed by atoms with van der Waals surface area (Å²) in [5.41, 5.74) is 6.43. The van der Waals surface area contributed by atoms with Gasteiger partial charge < -0.3 is 10.5 Å². The first-order valence-corrected chi connectivity index (χ1v) is 6.33. The van der Waals surface area contributed by atoms with E-state index in [0.29, 0.717) is 23.8 Å². The SMILES string of the molecule is Cl.N[C@H](c1c(F)ccc(Cl)c1Cl)C1CCOCC1. The van der Waals surface area contributed by atoms with Gasteiger partial charge in [-0.2, -0.15) is 0 Å². The molecule has 1 fully saturated rings. The van der Waals surface area contributed by atoms with Crippen LogP contribution in [0.2, 0.25) is 10.0 Å². The average molecular weight is 315 g/mol. The van der Waals surface area contributed by atoms with E-state index in [1.165, 1.54) is 12.1 Å². The molecule has 1 heterocycles. The Morgan fingerprint density at radius 1 is 1.28 bits per heavy atom. The van der Waals surface area contributed by atoms with Gasteiger partial charge in [0.1, 0.15) is 5.82 Å². The molecule has 0 radical (unpaired) electrons. The fourth-order valence-corrected chi connectivity index (χ4v) is 2.60. The highest BCUT2D eigenvalue weighted by atomic mass is 35.5. The molecule has 0 unspecified atom stereocenters. The lowest BCUT2D eigenvalue weighted by Crippen LogP contribution is -2.28. The molecule has 102 valence electrons. The monoisotopic (exact) mass is 313 g/mol. The van der Waals surface area contributed by atoms with Gasteiger partial charge in [0.05, 0.1) is 10.0 Å². The second-order valence-electron chi connectivity index (χ2n) is 4.23. The molecule has 1 aliphatic heterocycles. The minimum Gasteiger partial charge on any atom is -0.381 e. The topological polar surface area (TPSA) is 35.2 Å². The standard InChI is InChI=1S/C12H14Cl2FNO.ClH/c13-8-1-2-9(15)10(11(8)14)12(16)7-3-5-17-6-4-7;/h1-2,7,12H,3-6,16H2;1H/t12-;/m0./s1. The third-order valence-electron chi connectivity index (χ3n) is 3.19. The van der Waals surface area contributed by atoms with E-state index < -0.39 is 11.9 Å². The molecule has 0 aliphatic carbocycles. The molecule has 0 spiro atoms. The van der Waals surface area contributed by atoms with Crippen molar-refractivity contribution in [3.8, 4) is 0 Å². The van der Waals surface area contributed by atoms with Crippen LogP contribution < -0.4 is 5.73 Å². The molecule has 0 saturated carbocycles. The van der Waals surface area contributed by atoms with Crippen LogP contribution in [0.1, 0.15) is 24.4 Å². The molecule has 2 nitrogen and oxygen atoms in total. The molecule has 2 rings (SSSR count). The molecule has 18 heavy (non-hydrogen) atoms. The van der Waals surface area contributed by atoms with Crippen molar-refractivity contribution < 1.29 is 9.13 Å². The van der Waals surface area contributed by atoms with Crippen molar-refractivity contribution in [1.29, 1.82) is 0 Å². The van der Waals surface area contributed by atoms with Crippen LogP contribution in [0.5, 0.6) is 0 Å². The Bertz CT molecular complexity index is 411. The predicted molar refractivity (Wildman–Crippen MR) is 74.1 cm³/mol. The van der Waals surface area contributed by atoms with Crippen molar-refractivity contribution in [3.05, 3.63) is 33.6 Å². The maximum Gasteiger partial charge on any atom is 0.129 e. The molecule has 0 amide bonds. The van der Waals surface area contributed by atoms with Gasteiger partial charge in [-0.1, -0.05) is 23.2 Å². The summed E-state index contributed by atoms with van der Waals surface area (Å²) in [5.74, 6) is -0.201. The van der Waals surface area contributed by atoms with Crippen LogP contribution in [0.15, 0.2) is 12.1 Å². The van der Waals surface area contributed by atoms with Crippen molar-refractivity contribution in [3.63, 3.8) is 0 Å². The largest absolute Gasteiger partial charge is 0.381 e. The molecule has 6 heteroatoms. The maximum absolute atomic E-state index is 13.8. The van der Waals surface area contributed by atoms with E-state index in [9.17, 15) is 4.39 Å². The first-order valence-electron chi connectivity index (χ1n) is 5.58. The van der Waals surface area contributed by atoms with Gasteiger partial charge in [-0.15, -0.1) is 12.4 Å². The lowest BCUT2D eigenvalue weighted by molar-refractivity contribution is 0.0580. The number of halogens is 4. The molecule has 1 aromatic carbocycles. The maximum atomic E-state index is 13.8. The number of ether oxygens (including phenoxy) is 1. The molecule has 1 aliphatic rings. The Morgan fingerprint density at radius 2 is 1.89 bits per heavy atom. The highest BCUT2D eigenvalue weighted by molar-refractivity contribution is 6.42. The molecule has 1 atom stereocenters. The van der Waals surface area contributed by atoms with E-state index in [4.69, 9.17) is 33.7 Å². The summed E-state index contributed by atoms with van der Waals surface area (Å²) in [6.07, 6.45) is 1.65. The molecule has 0 aromatic heterocycles. The van der Waals surface area contributed by atoms with E-state index in [0.717, 1.165) is 12.8 Å². The average Bonchev–Trinajstić information content (AvgIpc) is 2.35. The highest BCUT2D eigenvalue weighted by Crippen LogP contribution is 2.36. The summed E-state index contributed by atoms with van der Waals surface area (Å²) in [4.78, 5) is 0. The van der Waals surface area contributed by atoms with Crippen molar-refractivity contribution in [2.24, 2.45) is 11.7 Å². The molecular formula is C12H15Cl3FNO. The fourth-order valence-electron chi connectivity index (χ4n) is 2.16. The van der Waals surface area contributed by atoms with Crippen LogP contribution in [0.3, 0.4) is 0 Å². The minimum atomic E-state index is -0.426. The Morgan fingerprint density at radius 3 is 2.50 bits per heavy atom. The molecule has 0 bridgehead atoms. The predicted octanol–water partition coefficient (Wildman–Crippen LogP) is 3.98. The van der Waals surface area contributed by atoms with Crippen molar-refractivity contribution >= 4 is 35.6 Å².